The maximum absolute atomic E-state index is 12.3. The van der Waals surface area contributed by atoms with Crippen LogP contribution in [0.1, 0.15) is 25.3 Å². The maximum atomic E-state index is 12.3. The van der Waals surface area contributed by atoms with Gasteiger partial charge >= 0.3 is 12.1 Å². The van der Waals surface area contributed by atoms with E-state index in [1.165, 1.54) is 16.8 Å². The van der Waals surface area contributed by atoms with Crippen LogP contribution in [-0.4, -0.2) is 26.7 Å². The van der Waals surface area contributed by atoms with Crippen LogP contribution in [0.15, 0.2) is 17.1 Å². The summed E-state index contributed by atoms with van der Waals surface area (Å²) in [5.41, 5.74) is 0.179. The predicted octanol–water partition coefficient (Wildman–Crippen LogP) is 1.65. The molecule has 0 radical (unpaired) electrons. The highest BCUT2D eigenvalue weighted by atomic mass is 19.4. The van der Waals surface area contributed by atoms with Crippen LogP contribution in [0, 0.1) is 0 Å². The van der Waals surface area contributed by atoms with Gasteiger partial charge in [-0.3, -0.25) is 9.59 Å². The number of nitrogens with one attached hydrogen (secondary N) is 2. The van der Waals surface area contributed by atoms with E-state index < -0.39 is 17.6 Å². The number of aromatic nitrogens is 3. The Kier molecular flexibility index (Phi) is 3.28. The van der Waals surface area contributed by atoms with Gasteiger partial charge in [-0.2, -0.15) is 13.2 Å². The van der Waals surface area contributed by atoms with Gasteiger partial charge < -0.3 is 10.3 Å². The van der Waals surface area contributed by atoms with Gasteiger partial charge in [0.1, 0.15) is 5.65 Å². The molecular weight excluding hydrogens is 277 g/mol. The molecule has 0 fully saturated rings. The molecule has 0 bridgehead atoms. The molecule has 0 saturated carbocycles. The Balaban J connectivity index is 2.56. The van der Waals surface area contributed by atoms with Crippen molar-refractivity contribution in [2.45, 2.75) is 25.9 Å². The average molecular weight is 288 g/mol. The second-order valence-corrected chi connectivity index (χ2v) is 4.47. The number of alkyl halides is 3. The van der Waals surface area contributed by atoms with Crippen molar-refractivity contribution >= 4 is 17.4 Å². The van der Waals surface area contributed by atoms with Crippen molar-refractivity contribution in [3.8, 4) is 0 Å². The molecule has 6 nitrogen and oxygen atoms in total. The molecule has 0 unspecified atom stereocenters. The molecular formula is C11H11F3N4O2. The third-order valence-electron chi connectivity index (χ3n) is 2.62. The smallest absolute Gasteiger partial charge is 0.307 e. The van der Waals surface area contributed by atoms with Gasteiger partial charge in [-0.05, 0) is 5.92 Å². The summed E-state index contributed by atoms with van der Waals surface area (Å²) < 4.78 is 38.1. The fourth-order valence-electron chi connectivity index (χ4n) is 1.79. The molecule has 0 spiro atoms. The zero-order valence-corrected chi connectivity index (χ0v) is 10.6. The molecule has 1 amide bonds. The first kappa shape index (κ1) is 14.1. The maximum Gasteiger partial charge on any atom is 0.471 e. The number of H-pyrrole nitrogens is 1. The van der Waals surface area contributed by atoms with Crippen molar-refractivity contribution in [1.82, 2.24) is 14.6 Å². The Labute approximate surface area is 110 Å². The van der Waals surface area contributed by atoms with Crippen molar-refractivity contribution < 1.29 is 18.0 Å². The molecule has 108 valence electrons. The minimum atomic E-state index is -5.00. The molecule has 0 saturated heterocycles. The van der Waals surface area contributed by atoms with E-state index in [2.05, 4.69) is 10.1 Å². The van der Waals surface area contributed by atoms with E-state index in [0.717, 1.165) is 0 Å². The summed E-state index contributed by atoms with van der Waals surface area (Å²) in [4.78, 5) is 24.8. The Morgan fingerprint density at radius 2 is 2.10 bits per heavy atom. The highest BCUT2D eigenvalue weighted by molar-refractivity contribution is 5.95. The summed E-state index contributed by atoms with van der Waals surface area (Å²) in [6.45, 7) is 3.43. The molecule has 2 aromatic rings. The number of amides is 1. The van der Waals surface area contributed by atoms with Crippen LogP contribution in [-0.2, 0) is 4.79 Å². The minimum absolute atomic E-state index is 0.218. The quantitative estimate of drug-likeness (QED) is 0.881. The molecule has 2 N–H and O–H groups in total. The van der Waals surface area contributed by atoms with Gasteiger partial charge in [0, 0.05) is 17.8 Å². The van der Waals surface area contributed by atoms with Gasteiger partial charge in [0.05, 0.1) is 0 Å². The number of hydrogen-bond donors (Lipinski definition) is 2. The third-order valence-corrected chi connectivity index (χ3v) is 2.62. The van der Waals surface area contributed by atoms with E-state index in [-0.39, 0.29) is 17.4 Å². The number of halogens is 3. The highest BCUT2D eigenvalue weighted by Gasteiger charge is 2.39. The summed E-state index contributed by atoms with van der Waals surface area (Å²) in [5, 5.41) is 5.57. The summed E-state index contributed by atoms with van der Waals surface area (Å²) in [7, 11) is 0. The molecule has 20 heavy (non-hydrogen) atoms. The van der Waals surface area contributed by atoms with Crippen molar-refractivity contribution in [2.75, 3.05) is 5.32 Å². The van der Waals surface area contributed by atoms with Crippen molar-refractivity contribution in [2.24, 2.45) is 0 Å². The number of hydrogen-bond acceptors (Lipinski definition) is 3. The molecule has 0 aliphatic carbocycles. The van der Waals surface area contributed by atoms with Gasteiger partial charge in [-0.1, -0.05) is 13.8 Å². The molecule has 0 aliphatic rings. The van der Waals surface area contributed by atoms with Crippen LogP contribution >= 0.6 is 0 Å². The van der Waals surface area contributed by atoms with Crippen molar-refractivity contribution in [3.63, 3.8) is 0 Å². The lowest BCUT2D eigenvalue weighted by molar-refractivity contribution is -0.167. The van der Waals surface area contributed by atoms with E-state index in [1.807, 2.05) is 0 Å². The third kappa shape index (κ3) is 2.51. The summed E-state index contributed by atoms with van der Waals surface area (Å²) in [5.74, 6) is -2.57. The van der Waals surface area contributed by atoms with Crippen LogP contribution < -0.4 is 10.9 Å². The lowest BCUT2D eigenvalue weighted by Gasteiger charge is -2.09. The Bertz CT molecular complexity index is 715. The monoisotopic (exact) mass is 288 g/mol. The number of aromatic amines is 1. The zero-order chi connectivity index (χ0) is 15.1. The number of rotatable bonds is 2. The van der Waals surface area contributed by atoms with E-state index in [0.29, 0.717) is 5.56 Å². The van der Waals surface area contributed by atoms with Crippen LogP contribution in [0.4, 0.5) is 19.0 Å². The normalized spacial score (nSPS) is 12.1. The Morgan fingerprint density at radius 1 is 1.45 bits per heavy atom. The first-order chi connectivity index (χ1) is 9.20. The van der Waals surface area contributed by atoms with Crippen molar-refractivity contribution in [3.05, 3.63) is 28.2 Å². The molecule has 0 aliphatic heterocycles. The molecule has 9 heteroatoms. The van der Waals surface area contributed by atoms with E-state index in [1.54, 1.807) is 19.2 Å². The van der Waals surface area contributed by atoms with Crippen LogP contribution in [0.5, 0.6) is 0 Å². The predicted molar refractivity (Wildman–Crippen MR) is 64.6 cm³/mol. The molecule has 2 rings (SSSR count). The second kappa shape index (κ2) is 4.66. The van der Waals surface area contributed by atoms with Gasteiger partial charge in [-0.25, -0.2) is 4.52 Å². The van der Waals surface area contributed by atoms with Crippen molar-refractivity contribution in [1.29, 1.82) is 0 Å². The Morgan fingerprint density at radius 3 is 2.65 bits per heavy atom. The summed E-state index contributed by atoms with van der Waals surface area (Å²) in [6.07, 6.45) is -3.69. The van der Waals surface area contributed by atoms with Crippen LogP contribution in [0.2, 0.25) is 0 Å². The zero-order valence-electron chi connectivity index (χ0n) is 10.6. The Hall–Kier alpha value is -2.32. The van der Waals surface area contributed by atoms with Crippen LogP contribution in [0.25, 0.3) is 5.65 Å². The first-order valence-corrected chi connectivity index (χ1v) is 5.70. The first-order valence-electron chi connectivity index (χ1n) is 5.70. The van der Waals surface area contributed by atoms with E-state index in [9.17, 15) is 22.8 Å². The minimum Gasteiger partial charge on any atom is -0.307 e. The topological polar surface area (TPSA) is 79.3 Å². The second-order valence-electron chi connectivity index (χ2n) is 4.47. The lowest BCUT2D eigenvalue weighted by Crippen LogP contribution is -2.30. The summed E-state index contributed by atoms with van der Waals surface area (Å²) in [6, 6.07) is 1.18. The van der Waals surface area contributed by atoms with Gasteiger partial charge in [0.15, 0.2) is 5.82 Å². The molecule has 2 heterocycles. The number of fused-ring (bicyclic) bond motifs is 1. The number of anilines is 1. The largest absolute Gasteiger partial charge is 0.471 e. The lowest BCUT2D eigenvalue weighted by atomic mass is 10.1. The highest BCUT2D eigenvalue weighted by Crippen LogP contribution is 2.28. The van der Waals surface area contributed by atoms with E-state index >= 15 is 0 Å². The van der Waals surface area contributed by atoms with E-state index in [4.69, 9.17) is 0 Å². The number of carbonyl (C=O) groups is 1. The standard InChI is InChI=1S/C11H11F3N4O2/c1-5(2)7-8(16-10(20)11(12,13)14)17-18-4-3-6(19)15-9(7)18/h3-5H,1-2H3,(H,15,19)(H,16,17,20). The fraction of sp³-hybridized carbons (Fsp3) is 0.364. The van der Waals surface area contributed by atoms with Crippen LogP contribution in [0.3, 0.4) is 0 Å². The van der Waals surface area contributed by atoms with Gasteiger partial charge in [0.2, 0.25) is 0 Å². The van der Waals surface area contributed by atoms with Gasteiger partial charge in [-0.15, -0.1) is 5.10 Å². The summed E-state index contributed by atoms with van der Waals surface area (Å²) >= 11 is 0. The fourth-order valence-corrected chi connectivity index (χ4v) is 1.79. The molecule has 2 aromatic heterocycles. The molecule has 0 atom stereocenters. The molecule has 0 aromatic carbocycles. The van der Waals surface area contributed by atoms with Gasteiger partial charge in [0.25, 0.3) is 5.56 Å². The number of carbonyl (C=O) groups excluding carboxylic acids is 1. The number of nitrogens with zero attached hydrogens (tertiary/aromatic N) is 2. The average Bonchev–Trinajstić information content (AvgIpc) is 2.64. The SMILES string of the molecule is CC(C)c1c(NC(=O)C(F)(F)F)nn2ccc(=O)[nH]c12.